The van der Waals surface area contributed by atoms with Crippen molar-refractivity contribution in [2.75, 3.05) is 19.6 Å². The number of rotatable bonds is 3. The highest BCUT2D eigenvalue weighted by Crippen LogP contribution is 2.06. The van der Waals surface area contributed by atoms with E-state index in [1.165, 1.54) is 5.54 Å². The zero-order valence-corrected chi connectivity index (χ0v) is 7.70. The lowest BCUT2D eigenvalue weighted by Gasteiger charge is -2.13. The van der Waals surface area contributed by atoms with Crippen molar-refractivity contribution in [2.45, 2.75) is 0 Å². The third-order valence-corrected chi connectivity index (χ3v) is 1.85. The van der Waals surface area contributed by atoms with Crippen LogP contribution < -0.4 is 5.32 Å². The summed E-state index contributed by atoms with van der Waals surface area (Å²) in [4.78, 5) is 11.6. The number of halogens is 1. The Kier molecular flexibility index (Phi) is 3.57. The summed E-state index contributed by atoms with van der Waals surface area (Å²) in [5, 5.41) is 13.1. The molecule has 1 aliphatic heterocycles. The number of nitro groups is 1. The number of hydrogen-bond acceptors (Lipinski definition) is 4. The zero-order valence-electron chi connectivity index (χ0n) is 6.94. The molecule has 1 aliphatic rings. The second-order valence-corrected chi connectivity index (χ2v) is 2.79. The van der Waals surface area contributed by atoms with E-state index in [4.69, 9.17) is 11.6 Å². The van der Waals surface area contributed by atoms with Crippen LogP contribution in [-0.2, 0) is 0 Å². The molecule has 0 spiro atoms. The van der Waals surface area contributed by atoms with E-state index >= 15 is 0 Å². The van der Waals surface area contributed by atoms with Gasteiger partial charge in [0.15, 0.2) is 5.82 Å². The molecule has 1 saturated heterocycles. The first-order chi connectivity index (χ1) is 6.24. The first-order valence-corrected chi connectivity index (χ1v) is 4.27. The Morgan fingerprint density at radius 1 is 1.77 bits per heavy atom. The lowest BCUT2D eigenvalue weighted by Crippen LogP contribution is -2.20. The second-order valence-electron chi connectivity index (χ2n) is 2.53. The van der Waals surface area contributed by atoms with Gasteiger partial charge in [0.25, 0.3) is 6.20 Å². The fourth-order valence-corrected chi connectivity index (χ4v) is 1.21. The van der Waals surface area contributed by atoms with E-state index < -0.39 is 4.92 Å². The molecule has 0 aromatic heterocycles. The molecular formula is C7H10ClN3O2. The van der Waals surface area contributed by atoms with Crippen molar-refractivity contribution in [1.29, 1.82) is 0 Å². The van der Waals surface area contributed by atoms with Gasteiger partial charge >= 0.3 is 0 Å². The van der Waals surface area contributed by atoms with Crippen LogP contribution in [0.4, 0.5) is 0 Å². The van der Waals surface area contributed by atoms with Gasteiger partial charge in [-0.1, -0.05) is 17.7 Å². The third kappa shape index (κ3) is 2.95. The molecule has 0 radical (unpaired) electrons. The molecule has 0 atom stereocenters. The molecule has 0 bridgehead atoms. The summed E-state index contributed by atoms with van der Waals surface area (Å²) in [6.07, 6.45) is 2.71. The van der Waals surface area contributed by atoms with Gasteiger partial charge in [0.2, 0.25) is 0 Å². The highest BCUT2D eigenvalue weighted by Gasteiger charge is 2.17. The van der Waals surface area contributed by atoms with Crippen LogP contribution in [0.1, 0.15) is 0 Å². The van der Waals surface area contributed by atoms with E-state index in [2.05, 4.69) is 5.32 Å². The Labute approximate surface area is 80.8 Å². The normalized spacial score (nSPS) is 19.8. The van der Waals surface area contributed by atoms with Crippen molar-refractivity contribution in [2.24, 2.45) is 0 Å². The van der Waals surface area contributed by atoms with E-state index in [0.717, 1.165) is 19.3 Å². The highest BCUT2D eigenvalue weighted by molar-refractivity contribution is 6.25. The average molecular weight is 204 g/mol. The Hall–Kier alpha value is -1.23. The summed E-state index contributed by atoms with van der Waals surface area (Å²) in [5.74, 6) is 0.541. The van der Waals surface area contributed by atoms with E-state index in [1.807, 2.05) is 4.90 Å². The monoisotopic (exact) mass is 203 g/mol. The van der Waals surface area contributed by atoms with Gasteiger partial charge in [0.1, 0.15) is 0 Å². The average Bonchev–Trinajstić information content (AvgIpc) is 2.48. The van der Waals surface area contributed by atoms with Crippen molar-refractivity contribution in [3.8, 4) is 0 Å². The minimum Gasteiger partial charge on any atom is -0.365 e. The molecule has 13 heavy (non-hydrogen) atoms. The molecule has 6 heteroatoms. The molecule has 0 aliphatic carbocycles. The van der Waals surface area contributed by atoms with Crippen LogP contribution in [0.3, 0.4) is 0 Å². The molecule has 0 aromatic rings. The van der Waals surface area contributed by atoms with Crippen molar-refractivity contribution in [3.05, 3.63) is 33.7 Å². The minimum atomic E-state index is -0.467. The van der Waals surface area contributed by atoms with Gasteiger partial charge < -0.3 is 10.2 Å². The fraction of sp³-hybridized carbons (Fsp3) is 0.429. The van der Waals surface area contributed by atoms with E-state index in [-0.39, 0.29) is 0 Å². The van der Waals surface area contributed by atoms with Crippen molar-refractivity contribution in [3.63, 3.8) is 0 Å². The maximum atomic E-state index is 10.2. The Bertz CT molecular complexity index is 252. The topological polar surface area (TPSA) is 58.4 Å². The van der Waals surface area contributed by atoms with Crippen LogP contribution in [0.5, 0.6) is 0 Å². The van der Waals surface area contributed by atoms with Gasteiger partial charge in [0.05, 0.1) is 4.92 Å². The fourth-order valence-electron chi connectivity index (χ4n) is 1.14. The van der Waals surface area contributed by atoms with Crippen LogP contribution in [0, 0.1) is 10.1 Å². The molecular weight excluding hydrogens is 194 g/mol. The molecule has 1 heterocycles. The largest absolute Gasteiger partial charge is 0.365 e. The highest BCUT2D eigenvalue weighted by atomic mass is 35.5. The van der Waals surface area contributed by atoms with Crippen molar-refractivity contribution in [1.82, 2.24) is 10.2 Å². The Morgan fingerprint density at radius 3 is 3.15 bits per heavy atom. The number of hydrogen-bond donors (Lipinski definition) is 1. The first-order valence-electron chi connectivity index (χ1n) is 3.83. The van der Waals surface area contributed by atoms with Crippen molar-refractivity contribution >= 4 is 11.6 Å². The maximum absolute atomic E-state index is 10.2. The lowest BCUT2D eigenvalue weighted by atomic mass is 10.5. The van der Waals surface area contributed by atoms with Gasteiger partial charge in [-0.2, -0.15) is 0 Å². The van der Waals surface area contributed by atoms with Gasteiger partial charge in [-0.25, -0.2) is 0 Å². The quantitative estimate of drug-likeness (QED) is 0.543. The molecule has 1 fully saturated rings. The predicted molar refractivity (Wildman–Crippen MR) is 49.6 cm³/mol. The second kappa shape index (κ2) is 4.71. The molecule has 0 unspecified atom stereocenters. The number of nitrogens with one attached hydrogen (secondary N) is 1. The summed E-state index contributed by atoms with van der Waals surface area (Å²) in [5.41, 5.74) is 1.40. The first kappa shape index (κ1) is 9.85. The number of nitrogens with zero attached hydrogens (tertiary/aromatic N) is 2. The molecule has 5 nitrogen and oxygen atoms in total. The van der Waals surface area contributed by atoms with Gasteiger partial charge in [-0.3, -0.25) is 10.1 Å². The van der Waals surface area contributed by atoms with Crippen molar-refractivity contribution < 1.29 is 4.92 Å². The maximum Gasteiger partial charge on any atom is 0.274 e. The smallest absolute Gasteiger partial charge is 0.274 e. The Morgan fingerprint density at radius 2 is 2.54 bits per heavy atom. The van der Waals surface area contributed by atoms with E-state index in [0.29, 0.717) is 12.4 Å². The third-order valence-electron chi connectivity index (χ3n) is 1.67. The van der Waals surface area contributed by atoms with Crippen LogP contribution in [0.2, 0.25) is 0 Å². The molecule has 0 amide bonds. The van der Waals surface area contributed by atoms with Crippen LogP contribution in [-0.4, -0.2) is 29.5 Å². The summed E-state index contributed by atoms with van der Waals surface area (Å²) in [7, 11) is 0. The molecule has 0 saturated carbocycles. The van der Waals surface area contributed by atoms with Crippen LogP contribution in [0.25, 0.3) is 0 Å². The predicted octanol–water partition coefficient (Wildman–Crippen LogP) is 0.720. The van der Waals surface area contributed by atoms with Gasteiger partial charge in [-0.05, 0) is 0 Å². The van der Waals surface area contributed by atoms with E-state index in [1.54, 1.807) is 6.08 Å². The zero-order chi connectivity index (χ0) is 9.68. The molecule has 0 aromatic carbocycles. The summed E-state index contributed by atoms with van der Waals surface area (Å²) >= 11 is 5.35. The van der Waals surface area contributed by atoms with E-state index in [9.17, 15) is 10.1 Å². The van der Waals surface area contributed by atoms with Crippen LogP contribution >= 0.6 is 11.6 Å². The van der Waals surface area contributed by atoms with Gasteiger partial charge in [0, 0.05) is 25.2 Å². The summed E-state index contributed by atoms with van der Waals surface area (Å²) in [6.45, 7) is 2.09. The SMILES string of the molecule is O=[N+]([O-])C=C1NCCN1C/C=C\Cl. The molecule has 72 valence electrons. The van der Waals surface area contributed by atoms with Gasteiger partial charge in [-0.15, -0.1) is 0 Å². The Balaban J connectivity index is 2.58. The van der Waals surface area contributed by atoms with Crippen LogP contribution in [0.15, 0.2) is 23.6 Å². The molecule has 1 N–H and O–H groups in total. The summed E-state index contributed by atoms with van der Waals surface area (Å²) in [6, 6.07) is 0. The minimum absolute atomic E-state index is 0.467. The lowest BCUT2D eigenvalue weighted by molar-refractivity contribution is -0.404. The summed E-state index contributed by atoms with van der Waals surface area (Å²) < 4.78 is 0. The molecule has 1 rings (SSSR count). The standard InChI is InChI=1S/C7H10ClN3O2/c8-2-1-4-10-5-3-9-7(10)6-11(12)13/h1-2,6,9H,3-5H2/b2-1-,7-6?.